The third-order valence-corrected chi connectivity index (χ3v) is 4.36. The first kappa shape index (κ1) is 24.0. The minimum atomic E-state index is -4.38. The Balaban J connectivity index is 1.53. The average Bonchev–Trinajstić information content (AvgIpc) is 3.42. The van der Waals surface area contributed by atoms with Gasteiger partial charge in [-0.25, -0.2) is 0 Å². The predicted molar refractivity (Wildman–Crippen MR) is 108 cm³/mol. The standard InChI is InChI=1S/C23H29F3O4/c1-17(2)29-22(27)14-9-7-5-3-4-6-8-13-20-21(30-20)16-28-19-12-10-11-18(15-19)23(24,25)26/h3,5-6,8,10-12,15,17,20-21H,4,7,9,13-14,16H2,1-2H3. The van der Waals surface area contributed by atoms with Crippen molar-refractivity contribution < 1.29 is 32.2 Å². The molecule has 1 heterocycles. The number of benzene rings is 1. The van der Waals surface area contributed by atoms with E-state index in [0.29, 0.717) is 6.42 Å². The number of epoxide rings is 1. The number of hydrogen-bond acceptors (Lipinski definition) is 4. The summed E-state index contributed by atoms with van der Waals surface area (Å²) < 4.78 is 54.1. The molecule has 166 valence electrons. The molecule has 7 heteroatoms. The molecule has 0 saturated carbocycles. The van der Waals surface area contributed by atoms with Gasteiger partial charge in [-0.15, -0.1) is 0 Å². The topological polar surface area (TPSA) is 48.1 Å². The van der Waals surface area contributed by atoms with E-state index in [-0.39, 0.29) is 36.6 Å². The van der Waals surface area contributed by atoms with Crippen LogP contribution in [0.15, 0.2) is 48.6 Å². The van der Waals surface area contributed by atoms with Gasteiger partial charge in [-0.05, 0) is 57.7 Å². The molecule has 0 bridgehead atoms. The van der Waals surface area contributed by atoms with E-state index in [4.69, 9.17) is 14.2 Å². The highest BCUT2D eigenvalue weighted by Crippen LogP contribution is 2.32. The zero-order chi connectivity index (χ0) is 22.0. The lowest BCUT2D eigenvalue weighted by atomic mass is 10.2. The van der Waals surface area contributed by atoms with Gasteiger partial charge in [0.1, 0.15) is 18.5 Å². The van der Waals surface area contributed by atoms with Crippen molar-refractivity contribution in [1.29, 1.82) is 0 Å². The zero-order valence-corrected chi connectivity index (χ0v) is 17.4. The summed E-state index contributed by atoms with van der Waals surface area (Å²) in [6.07, 6.45) is 7.25. The summed E-state index contributed by atoms with van der Waals surface area (Å²) in [7, 11) is 0. The van der Waals surface area contributed by atoms with Gasteiger partial charge in [0.05, 0.1) is 17.8 Å². The van der Waals surface area contributed by atoms with Gasteiger partial charge < -0.3 is 14.2 Å². The maximum atomic E-state index is 12.7. The smallest absolute Gasteiger partial charge is 0.416 e. The van der Waals surface area contributed by atoms with Crippen LogP contribution in [0.4, 0.5) is 13.2 Å². The van der Waals surface area contributed by atoms with Gasteiger partial charge >= 0.3 is 12.1 Å². The second-order valence-corrected chi connectivity index (χ2v) is 7.39. The molecule has 1 aliphatic heterocycles. The molecule has 2 atom stereocenters. The van der Waals surface area contributed by atoms with Gasteiger partial charge in [0, 0.05) is 6.42 Å². The van der Waals surface area contributed by atoms with Crippen LogP contribution in [0.25, 0.3) is 0 Å². The molecule has 1 fully saturated rings. The summed E-state index contributed by atoms with van der Waals surface area (Å²) in [5.41, 5.74) is -0.722. The first-order valence-electron chi connectivity index (χ1n) is 10.2. The van der Waals surface area contributed by atoms with Gasteiger partial charge in [0.25, 0.3) is 0 Å². The number of carbonyl (C=O) groups is 1. The largest absolute Gasteiger partial charge is 0.491 e. The molecule has 30 heavy (non-hydrogen) atoms. The lowest BCUT2D eigenvalue weighted by Crippen LogP contribution is -2.10. The van der Waals surface area contributed by atoms with Crippen LogP contribution >= 0.6 is 0 Å². The summed E-state index contributed by atoms with van der Waals surface area (Å²) >= 11 is 0. The number of carbonyl (C=O) groups excluding carboxylic acids is 1. The van der Waals surface area contributed by atoms with Crippen LogP contribution in [0.2, 0.25) is 0 Å². The molecule has 4 nitrogen and oxygen atoms in total. The van der Waals surface area contributed by atoms with E-state index in [2.05, 4.69) is 0 Å². The first-order chi connectivity index (χ1) is 14.3. The van der Waals surface area contributed by atoms with Crippen LogP contribution in [0.3, 0.4) is 0 Å². The van der Waals surface area contributed by atoms with E-state index in [1.165, 1.54) is 12.1 Å². The number of esters is 1. The summed E-state index contributed by atoms with van der Waals surface area (Å²) in [5, 5.41) is 0. The van der Waals surface area contributed by atoms with Gasteiger partial charge in [-0.3, -0.25) is 4.79 Å². The number of unbranched alkanes of at least 4 members (excludes halogenated alkanes) is 1. The van der Waals surface area contributed by atoms with E-state index in [9.17, 15) is 18.0 Å². The molecule has 0 spiro atoms. The molecule has 1 aromatic carbocycles. The molecule has 0 amide bonds. The third-order valence-electron chi connectivity index (χ3n) is 4.36. The van der Waals surface area contributed by atoms with Gasteiger partial charge in [0.2, 0.25) is 0 Å². The molecule has 1 aliphatic rings. The van der Waals surface area contributed by atoms with E-state index >= 15 is 0 Å². The van der Waals surface area contributed by atoms with E-state index in [0.717, 1.165) is 37.8 Å². The molecule has 0 aliphatic carbocycles. The summed E-state index contributed by atoms with van der Waals surface area (Å²) in [5.74, 6) is 0.0338. The monoisotopic (exact) mass is 426 g/mol. The Morgan fingerprint density at radius 1 is 1.17 bits per heavy atom. The van der Waals surface area contributed by atoms with Crippen LogP contribution in [0.5, 0.6) is 5.75 Å². The Labute approximate surface area is 175 Å². The van der Waals surface area contributed by atoms with Crippen molar-refractivity contribution in [2.24, 2.45) is 0 Å². The molecule has 0 radical (unpaired) electrons. The fraction of sp³-hybridized carbons (Fsp3) is 0.522. The van der Waals surface area contributed by atoms with Crippen molar-refractivity contribution in [3.05, 3.63) is 54.1 Å². The number of allylic oxidation sites excluding steroid dienone is 3. The van der Waals surface area contributed by atoms with Crippen LogP contribution in [0.1, 0.15) is 51.5 Å². The Hall–Kier alpha value is -2.28. The van der Waals surface area contributed by atoms with E-state index < -0.39 is 11.7 Å². The first-order valence-corrected chi connectivity index (χ1v) is 10.2. The van der Waals surface area contributed by atoms with Gasteiger partial charge in [0.15, 0.2) is 0 Å². The number of rotatable bonds is 12. The Kier molecular flexibility index (Phi) is 9.43. The SMILES string of the molecule is CC(C)OC(=O)CCCC=CCC=CCC1OC1COc1cccc(C(F)(F)F)c1. The van der Waals surface area contributed by atoms with Crippen LogP contribution in [-0.2, 0) is 20.4 Å². The Bertz CT molecular complexity index is 725. The van der Waals surface area contributed by atoms with E-state index in [1.54, 1.807) is 0 Å². The molecular weight excluding hydrogens is 397 g/mol. The third kappa shape index (κ3) is 9.48. The van der Waals surface area contributed by atoms with Crippen LogP contribution in [0, 0.1) is 0 Å². The van der Waals surface area contributed by atoms with Crippen LogP contribution in [-0.4, -0.2) is 30.9 Å². The van der Waals surface area contributed by atoms with Crippen molar-refractivity contribution in [1.82, 2.24) is 0 Å². The predicted octanol–water partition coefficient (Wildman–Crippen LogP) is 5.87. The van der Waals surface area contributed by atoms with E-state index in [1.807, 2.05) is 38.2 Å². The summed E-state index contributed by atoms with van der Waals surface area (Å²) in [4.78, 5) is 11.4. The lowest BCUT2D eigenvalue weighted by Gasteiger charge is -2.09. The van der Waals surface area contributed by atoms with Gasteiger partial charge in [-0.2, -0.15) is 13.2 Å². The second kappa shape index (κ2) is 11.8. The van der Waals surface area contributed by atoms with Crippen molar-refractivity contribution in [3.8, 4) is 5.75 Å². The second-order valence-electron chi connectivity index (χ2n) is 7.39. The van der Waals surface area contributed by atoms with Crippen molar-refractivity contribution in [2.45, 2.75) is 70.4 Å². The summed E-state index contributed by atoms with van der Waals surface area (Å²) in [6.45, 7) is 3.91. The van der Waals surface area contributed by atoms with Crippen molar-refractivity contribution in [3.63, 3.8) is 0 Å². The maximum Gasteiger partial charge on any atom is 0.416 e. The Morgan fingerprint density at radius 3 is 2.67 bits per heavy atom. The molecule has 1 saturated heterocycles. The molecule has 2 unspecified atom stereocenters. The van der Waals surface area contributed by atoms with Crippen molar-refractivity contribution >= 4 is 5.97 Å². The molecular formula is C23H29F3O4. The minimum absolute atomic E-state index is 0.0444. The quantitative estimate of drug-likeness (QED) is 0.182. The van der Waals surface area contributed by atoms with Crippen LogP contribution < -0.4 is 4.74 Å². The van der Waals surface area contributed by atoms with Gasteiger partial charge in [-0.1, -0.05) is 30.4 Å². The van der Waals surface area contributed by atoms with Crippen molar-refractivity contribution in [2.75, 3.05) is 6.61 Å². The maximum absolute atomic E-state index is 12.7. The zero-order valence-electron chi connectivity index (χ0n) is 17.4. The Morgan fingerprint density at radius 2 is 1.93 bits per heavy atom. The highest BCUT2D eigenvalue weighted by Gasteiger charge is 2.38. The highest BCUT2D eigenvalue weighted by atomic mass is 19.4. The minimum Gasteiger partial charge on any atom is -0.491 e. The number of halogens is 3. The molecule has 0 N–H and O–H groups in total. The normalized spacial score (nSPS) is 19.0. The molecule has 2 rings (SSSR count). The molecule has 0 aromatic heterocycles. The number of ether oxygens (including phenoxy) is 3. The highest BCUT2D eigenvalue weighted by molar-refractivity contribution is 5.69. The average molecular weight is 426 g/mol. The number of alkyl halides is 3. The lowest BCUT2D eigenvalue weighted by molar-refractivity contribution is -0.147. The molecule has 1 aromatic rings. The fourth-order valence-corrected chi connectivity index (χ4v) is 2.78. The fourth-order valence-electron chi connectivity index (χ4n) is 2.78. The summed E-state index contributed by atoms with van der Waals surface area (Å²) in [6, 6.07) is 4.85. The number of hydrogen-bond donors (Lipinski definition) is 0.